The Kier molecular flexibility index (Phi) is 3.14. The van der Waals surface area contributed by atoms with E-state index in [4.69, 9.17) is 4.74 Å². The molecular formula is C11H12N2O2S. The lowest BCUT2D eigenvalue weighted by Gasteiger charge is -2.01. The van der Waals surface area contributed by atoms with E-state index in [0.717, 1.165) is 17.1 Å². The van der Waals surface area contributed by atoms with Crippen molar-refractivity contribution in [3.05, 3.63) is 35.8 Å². The topological polar surface area (TPSA) is 43.6 Å². The van der Waals surface area contributed by atoms with Crippen molar-refractivity contribution in [2.75, 3.05) is 13.4 Å². The highest BCUT2D eigenvalue weighted by Gasteiger charge is 2.11. The molecule has 0 N–H and O–H groups in total. The SMILES string of the molecule is COC(=O)c1cccc2nc(CSC)cn12. The minimum Gasteiger partial charge on any atom is -0.464 e. The molecule has 0 amide bonds. The molecule has 84 valence electrons. The molecule has 2 aromatic heterocycles. The van der Waals surface area contributed by atoms with Crippen LogP contribution in [0.2, 0.25) is 0 Å². The number of fused-ring (bicyclic) bond motifs is 1. The summed E-state index contributed by atoms with van der Waals surface area (Å²) in [5.74, 6) is 0.487. The zero-order valence-electron chi connectivity index (χ0n) is 9.14. The van der Waals surface area contributed by atoms with E-state index in [1.807, 2.05) is 18.5 Å². The van der Waals surface area contributed by atoms with Crippen molar-refractivity contribution in [1.29, 1.82) is 0 Å². The van der Waals surface area contributed by atoms with Crippen LogP contribution in [0.25, 0.3) is 5.65 Å². The second kappa shape index (κ2) is 4.57. The number of rotatable bonds is 3. The molecule has 2 rings (SSSR count). The molecule has 0 saturated heterocycles. The van der Waals surface area contributed by atoms with E-state index in [-0.39, 0.29) is 5.97 Å². The van der Waals surface area contributed by atoms with Gasteiger partial charge in [0.15, 0.2) is 0 Å². The molecule has 2 aromatic rings. The molecule has 16 heavy (non-hydrogen) atoms. The average Bonchev–Trinajstić information content (AvgIpc) is 2.70. The molecule has 0 saturated carbocycles. The standard InChI is InChI=1S/C11H12N2O2S/c1-15-11(14)9-4-3-5-10-12-8(7-16-2)6-13(9)10/h3-6H,7H2,1-2H3. The maximum atomic E-state index is 11.5. The molecule has 0 unspecified atom stereocenters. The lowest BCUT2D eigenvalue weighted by atomic mass is 10.3. The lowest BCUT2D eigenvalue weighted by molar-refractivity contribution is 0.0592. The molecule has 5 heteroatoms. The van der Waals surface area contributed by atoms with E-state index in [1.54, 1.807) is 28.3 Å². The van der Waals surface area contributed by atoms with Gasteiger partial charge in [-0.15, -0.1) is 0 Å². The Hall–Kier alpha value is -1.49. The van der Waals surface area contributed by atoms with E-state index >= 15 is 0 Å². The number of esters is 1. The van der Waals surface area contributed by atoms with Gasteiger partial charge in [0.25, 0.3) is 0 Å². The van der Waals surface area contributed by atoms with Crippen LogP contribution >= 0.6 is 11.8 Å². The Morgan fingerprint density at radius 3 is 3.06 bits per heavy atom. The first-order chi connectivity index (χ1) is 7.76. The molecule has 0 bridgehead atoms. The van der Waals surface area contributed by atoms with E-state index in [2.05, 4.69) is 4.98 Å². The minimum atomic E-state index is -0.348. The van der Waals surface area contributed by atoms with Gasteiger partial charge in [0.2, 0.25) is 0 Å². The molecule has 0 aromatic carbocycles. The van der Waals surface area contributed by atoms with E-state index in [0.29, 0.717) is 5.69 Å². The molecule has 0 fully saturated rings. The number of nitrogens with zero attached hydrogens (tertiary/aromatic N) is 2. The normalized spacial score (nSPS) is 10.6. The Bertz CT molecular complexity index is 522. The molecule has 0 aliphatic rings. The van der Waals surface area contributed by atoms with Crippen molar-refractivity contribution in [3.63, 3.8) is 0 Å². The number of pyridine rings is 1. The van der Waals surface area contributed by atoms with Gasteiger partial charge in [0, 0.05) is 11.9 Å². The number of aromatic nitrogens is 2. The number of thioether (sulfide) groups is 1. The third-order valence-electron chi connectivity index (χ3n) is 2.23. The molecule has 0 radical (unpaired) electrons. The highest BCUT2D eigenvalue weighted by atomic mass is 32.2. The van der Waals surface area contributed by atoms with Crippen LogP contribution in [0.1, 0.15) is 16.2 Å². The van der Waals surface area contributed by atoms with Crippen molar-refractivity contribution in [3.8, 4) is 0 Å². The monoisotopic (exact) mass is 236 g/mol. The quantitative estimate of drug-likeness (QED) is 0.764. The molecule has 0 aliphatic heterocycles. The number of carbonyl (C=O) groups is 1. The van der Waals surface area contributed by atoms with E-state index in [1.165, 1.54) is 7.11 Å². The van der Waals surface area contributed by atoms with E-state index < -0.39 is 0 Å². The van der Waals surface area contributed by atoms with Crippen LogP contribution in [0.5, 0.6) is 0 Å². The van der Waals surface area contributed by atoms with Gasteiger partial charge < -0.3 is 4.74 Å². The van der Waals surface area contributed by atoms with Crippen LogP contribution in [0.3, 0.4) is 0 Å². The van der Waals surface area contributed by atoms with Gasteiger partial charge >= 0.3 is 5.97 Å². The van der Waals surface area contributed by atoms with Crippen molar-refractivity contribution >= 4 is 23.4 Å². The summed E-state index contributed by atoms with van der Waals surface area (Å²) < 4.78 is 6.48. The molecule has 4 nitrogen and oxygen atoms in total. The number of imidazole rings is 1. The second-order valence-electron chi connectivity index (χ2n) is 3.30. The summed E-state index contributed by atoms with van der Waals surface area (Å²) in [6.07, 6.45) is 3.89. The van der Waals surface area contributed by atoms with Gasteiger partial charge in [0.05, 0.1) is 12.8 Å². The zero-order chi connectivity index (χ0) is 11.5. The van der Waals surface area contributed by atoms with E-state index in [9.17, 15) is 4.79 Å². The van der Waals surface area contributed by atoms with Gasteiger partial charge in [0.1, 0.15) is 11.3 Å². The maximum absolute atomic E-state index is 11.5. The largest absolute Gasteiger partial charge is 0.464 e. The summed E-state index contributed by atoms with van der Waals surface area (Å²) in [6, 6.07) is 5.40. The Balaban J connectivity index is 2.54. The molecule has 2 heterocycles. The predicted octanol–water partition coefficient (Wildman–Crippen LogP) is 1.98. The van der Waals surface area contributed by atoms with Crippen LogP contribution < -0.4 is 0 Å². The third-order valence-corrected chi connectivity index (χ3v) is 2.81. The zero-order valence-corrected chi connectivity index (χ0v) is 9.95. The summed E-state index contributed by atoms with van der Waals surface area (Å²) >= 11 is 1.70. The number of methoxy groups -OCH3 is 1. The van der Waals surface area contributed by atoms with Gasteiger partial charge in [-0.25, -0.2) is 9.78 Å². The molecule has 0 spiro atoms. The van der Waals surface area contributed by atoms with Gasteiger partial charge in [-0.2, -0.15) is 11.8 Å². The number of hydrogen-bond acceptors (Lipinski definition) is 4. The molecule has 0 atom stereocenters. The highest BCUT2D eigenvalue weighted by molar-refractivity contribution is 7.97. The fraction of sp³-hybridized carbons (Fsp3) is 0.273. The highest BCUT2D eigenvalue weighted by Crippen LogP contribution is 2.13. The Morgan fingerprint density at radius 2 is 2.38 bits per heavy atom. The molecular weight excluding hydrogens is 224 g/mol. The van der Waals surface area contributed by atoms with Crippen molar-refractivity contribution in [2.45, 2.75) is 5.75 Å². The summed E-state index contributed by atoms with van der Waals surface area (Å²) in [7, 11) is 1.38. The summed E-state index contributed by atoms with van der Waals surface area (Å²) in [4.78, 5) is 15.9. The minimum absolute atomic E-state index is 0.348. The van der Waals surface area contributed by atoms with Gasteiger partial charge in [-0.05, 0) is 18.4 Å². The van der Waals surface area contributed by atoms with Gasteiger partial charge in [-0.3, -0.25) is 4.40 Å². The Morgan fingerprint density at radius 1 is 1.56 bits per heavy atom. The first-order valence-electron chi connectivity index (χ1n) is 4.80. The third kappa shape index (κ3) is 1.90. The van der Waals surface area contributed by atoms with Gasteiger partial charge in [-0.1, -0.05) is 6.07 Å². The fourth-order valence-electron chi connectivity index (χ4n) is 1.55. The summed E-state index contributed by atoms with van der Waals surface area (Å²) in [6.45, 7) is 0. The van der Waals surface area contributed by atoms with Crippen LogP contribution in [-0.4, -0.2) is 28.7 Å². The van der Waals surface area contributed by atoms with Crippen LogP contribution in [0, 0.1) is 0 Å². The summed E-state index contributed by atoms with van der Waals surface area (Å²) in [5, 5.41) is 0. The van der Waals surface area contributed by atoms with Crippen molar-refractivity contribution in [2.24, 2.45) is 0 Å². The maximum Gasteiger partial charge on any atom is 0.355 e. The number of hydrogen-bond donors (Lipinski definition) is 0. The second-order valence-corrected chi connectivity index (χ2v) is 4.16. The molecule has 0 aliphatic carbocycles. The fourth-order valence-corrected chi connectivity index (χ4v) is 1.98. The summed E-state index contributed by atoms with van der Waals surface area (Å²) in [5.41, 5.74) is 2.23. The number of ether oxygens (including phenoxy) is 1. The number of carbonyl (C=O) groups excluding carboxylic acids is 1. The predicted molar refractivity (Wildman–Crippen MR) is 63.8 cm³/mol. The van der Waals surface area contributed by atoms with Crippen LogP contribution in [0.15, 0.2) is 24.4 Å². The lowest BCUT2D eigenvalue weighted by Crippen LogP contribution is -2.06. The Labute approximate surface area is 97.6 Å². The van der Waals surface area contributed by atoms with Crippen molar-refractivity contribution in [1.82, 2.24) is 9.38 Å². The first kappa shape index (κ1) is 11.0. The van der Waals surface area contributed by atoms with Crippen LogP contribution in [-0.2, 0) is 10.5 Å². The van der Waals surface area contributed by atoms with Crippen LogP contribution in [0.4, 0.5) is 0 Å². The first-order valence-corrected chi connectivity index (χ1v) is 6.20. The smallest absolute Gasteiger partial charge is 0.355 e. The average molecular weight is 236 g/mol. The van der Waals surface area contributed by atoms with Crippen molar-refractivity contribution < 1.29 is 9.53 Å².